The van der Waals surface area contributed by atoms with Crippen LogP contribution >= 0.6 is 12.2 Å². The predicted molar refractivity (Wildman–Crippen MR) is 68.0 cm³/mol. The van der Waals surface area contributed by atoms with Gasteiger partial charge < -0.3 is 11.1 Å². The van der Waals surface area contributed by atoms with Crippen LogP contribution in [0, 0.1) is 13.8 Å². The van der Waals surface area contributed by atoms with E-state index in [9.17, 15) is 4.79 Å². The molecule has 0 spiro atoms. The van der Waals surface area contributed by atoms with E-state index in [1.165, 1.54) is 5.56 Å². The number of amides is 2. The third kappa shape index (κ3) is 3.74. The molecule has 0 aliphatic heterocycles. The molecule has 0 aliphatic rings. The second kappa shape index (κ2) is 5.32. The smallest absolute Gasteiger partial charge is 0.330 e. The largest absolute Gasteiger partial charge is 0.350 e. The zero-order valence-electron chi connectivity index (χ0n) is 9.13. The van der Waals surface area contributed by atoms with E-state index in [0.29, 0.717) is 0 Å². The highest BCUT2D eigenvalue weighted by molar-refractivity contribution is 7.80. The number of primary amides is 1. The minimum atomic E-state index is -0.691. The molecule has 5 nitrogen and oxygen atoms in total. The van der Waals surface area contributed by atoms with Crippen molar-refractivity contribution >= 4 is 29.0 Å². The normalized spacial score (nSPS) is 9.38. The number of nitrogens with two attached hydrogens (primary N) is 1. The van der Waals surface area contributed by atoms with Crippen LogP contribution in [0.2, 0.25) is 0 Å². The van der Waals surface area contributed by atoms with Crippen LogP contribution in [0.25, 0.3) is 0 Å². The van der Waals surface area contributed by atoms with Gasteiger partial charge >= 0.3 is 6.03 Å². The summed E-state index contributed by atoms with van der Waals surface area (Å²) in [6.45, 7) is 4.04. The molecule has 1 rings (SSSR count). The highest BCUT2D eigenvalue weighted by atomic mass is 32.1. The number of anilines is 1. The minimum Gasteiger partial charge on any atom is -0.350 e. The molecular weight excluding hydrogens is 224 g/mol. The molecule has 1 aromatic rings. The summed E-state index contributed by atoms with van der Waals surface area (Å²) in [5.41, 5.74) is 12.7. The highest BCUT2D eigenvalue weighted by Crippen LogP contribution is 2.13. The highest BCUT2D eigenvalue weighted by Gasteiger charge is 1.99. The van der Waals surface area contributed by atoms with Crippen molar-refractivity contribution in [1.82, 2.24) is 10.9 Å². The Morgan fingerprint density at radius 2 is 1.94 bits per heavy atom. The first-order chi connectivity index (χ1) is 7.49. The number of thiocarbonyl (C=S) groups is 1. The number of urea groups is 1. The third-order valence-electron chi connectivity index (χ3n) is 2.06. The molecule has 0 unspecified atom stereocenters. The predicted octanol–water partition coefficient (Wildman–Crippen LogP) is 1.17. The van der Waals surface area contributed by atoms with Gasteiger partial charge in [-0.2, -0.15) is 0 Å². The van der Waals surface area contributed by atoms with Crippen molar-refractivity contribution in [1.29, 1.82) is 0 Å². The summed E-state index contributed by atoms with van der Waals surface area (Å²) in [4.78, 5) is 10.4. The van der Waals surface area contributed by atoms with Gasteiger partial charge in [0.2, 0.25) is 0 Å². The maximum Gasteiger partial charge on any atom is 0.330 e. The van der Waals surface area contributed by atoms with E-state index in [1.54, 1.807) is 0 Å². The zero-order valence-corrected chi connectivity index (χ0v) is 9.94. The van der Waals surface area contributed by atoms with E-state index in [1.807, 2.05) is 32.0 Å². The van der Waals surface area contributed by atoms with E-state index in [-0.39, 0.29) is 5.11 Å². The number of hydrogen-bond acceptors (Lipinski definition) is 2. The number of hydrogen-bond donors (Lipinski definition) is 4. The molecule has 2 amide bonds. The van der Waals surface area contributed by atoms with Crippen LogP contribution in [-0.2, 0) is 0 Å². The summed E-state index contributed by atoms with van der Waals surface area (Å²) in [7, 11) is 0. The standard InChI is InChI=1S/C10H14N4OS/c1-6-3-4-8(5-7(6)2)12-10(16)14-13-9(11)15/h3-5H,1-2H3,(H3,11,13,15)(H2,12,14,16). The lowest BCUT2D eigenvalue weighted by molar-refractivity contribution is 0.247. The number of benzene rings is 1. The molecule has 0 saturated carbocycles. The number of hydrazine groups is 1. The fourth-order valence-electron chi connectivity index (χ4n) is 1.10. The molecule has 0 radical (unpaired) electrons. The Balaban J connectivity index is 2.56. The van der Waals surface area contributed by atoms with Crippen molar-refractivity contribution < 1.29 is 4.79 Å². The summed E-state index contributed by atoms with van der Waals surface area (Å²) >= 11 is 4.94. The van der Waals surface area contributed by atoms with E-state index in [0.717, 1.165) is 11.3 Å². The van der Waals surface area contributed by atoms with Gasteiger partial charge in [-0.15, -0.1) is 0 Å². The lowest BCUT2D eigenvalue weighted by Crippen LogP contribution is -2.46. The molecule has 86 valence electrons. The van der Waals surface area contributed by atoms with E-state index in [4.69, 9.17) is 18.0 Å². The average Bonchev–Trinajstić information content (AvgIpc) is 2.21. The van der Waals surface area contributed by atoms with Crippen molar-refractivity contribution in [2.45, 2.75) is 13.8 Å². The first kappa shape index (κ1) is 12.3. The van der Waals surface area contributed by atoms with Gasteiger partial charge in [0.25, 0.3) is 0 Å². The van der Waals surface area contributed by atoms with Crippen LogP contribution in [0.3, 0.4) is 0 Å². The van der Waals surface area contributed by atoms with Gasteiger partial charge in [-0.05, 0) is 49.3 Å². The van der Waals surface area contributed by atoms with Gasteiger partial charge in [-0.25, -0.2) is 10.2 Å². The monoisotopic (exact) mass is 238 g/mol. The van der Waals surface area contributed by atoms with Crippen LogP contribution in [-0.4, -0.2) is 11.1 Å². The Bertz CT molecular complexity index is 419. The Morgan fingerprint density at radius 3 is 2.50 bits per heavy atom. The van der Waals surface area contributed by atoms with Crippen molar-refractivity contribution in [3.05, 3.63) is 29.3 Å². The maximum absolute atomic E-state index is 10.4. The first-order valence-electron chi connectivity index (χ1n) is 4.68. The molecule has 16 heavy (non-hydrogen) atoms. The average molecular weight is 238 g/mol. The Hall–Kier alpha value is -1.82. The molecular formula is C10H14N4OS. The van der Waals surface area contributed by atoms with Crippen LogP contribution in [0.4, 0.5) is 10.5 Å². The van der Waals surface area contributed by atoms with Gasteiger partial charge in [0.1, 0.15) is 0 Å². The number of nitrogens with one attached hydrogen (secondary N) is 3. The topological polar surface area (TPSA) is 79.2 Å². The summed E-state index contributed by atoms with van der Waals surface area (Å²) < 4.78 is 0. The van der Waals surface area contributed by atoms with E-state index < -0.39 is 6.03 Å². The maximum atomic E-state index is 10.4. The SMILES string of the molecule is Cc1ccc(NC(=S)NNC(N)=O)cc1C. The van der Waals surface area contributed by atoms with E-state index in [2.05, 4.69) is 16.2 Å². The van der Waals surface area contributed by atoms with Gasteiger partial charge in [-0.3, -0.25) is 5.43 Å². The number of rotatable bonds is 1. The van der Waals surface area contributed by atoms with Crippen LogP contribution in [0.15, 0.2) is 18.2 Å². The molecule has 0 fully saturated rings. The molecule has 0 bridgehead atoms. The molecule has 0 atom stereocenters. The Labute approximate surface area is 99.4 Å². The summed E-state index contributed by atoms with van der Waals surface area (Å²) in [5, 5.41) is 3.20. The van der Waals surface area contributed by atoms with Crippen LogP contribution < -0.4 is 21.9 Å². The van der Waals surface area contributed by atoms with Crippen molar-refractivity contribution in [3.63, 3.8) is 0 Å². The fraction of sp³-hybridized carbons (Fsp3) is 0.200. The molecule has 0 heterocycles. The van der Waals surface area contributed by atoms with Crippen molar-refractivity contribution in [2.24, 2.45) is 5.73 Å². The number of carbonyl (C=O) groups is 1. The van der Waals surface area contributed by atoms with Crippen molar-refractivity contribution in [2.75, 3.05) is 5.32 Å². The van der Waals surface area contributed by atoms with E-state index >= 15 is 0 Å². The third-order valence-corrected chi connectivity index (χ3v) is 2.27. The first-order valence-corrected chi connectivity index (χ1v) is 5.09. The molecule has 0 aliphatic carbocycles. The Morgan fingerprint density at radius 1 is 1.25 bits per heavy atom. The van der Waals surface area contributed by atoms with Gasteiger partial charge in [-0.1, -0.05) is 6.07 Å². The Kier molecular flexibility index (Phi) is 4.07. The van der Waals surface area contributed by atoms with Crippen LogP contribution in [0.1, 0.15) is 11.1 Å². The summed E-state index contributed by atoms with van der Waals surface area (Å²) in [6, 6.07) is 5.17. The quantitative estimate of drug-likeness (QED) is 0.437. The van der Waals surface area contributed by atoms with Gasteiger partial charge in [0.15, 0.2) is 5.11 Å². The number of carbonyl (C=O) groups excluding carboxylic acids is 1. The zero-order chi connectivity index (χ0) is 12.1. The summed E-state index contributed by atoms with van der Waals surface area (Å²) in [5.74, 6) is 0. The second-order valence-electron chi connectivity index (χ2n) is 3.37. The van der Waals surface area contributed by atoms with Crippen molar-refractivity contribution in [3.8, 4) is 0 Å². The molecule has 0 saturated heterocycles. The molecule has 1 aromatic carbocycles. The van der Waals surface area contributed by atoms with Gasteiger partial charge in [0, 0.05) is 5.69 Å². The lowest BCUT2D eigenvalue weighted by atomic mass is 10.1. The summed E-state index contributed by atoms with van der Waals surface area (Å²) in [6.07, 6.45) is 0. The minimum absolute atomic E-state index is 0.280. The second-order valence-corrected chi connectivity index (χ2v) is 3.78. The van der Waals surface area contributed by atoms with Crippen LogP contribution in [0.5, 0.6) is 0 Å². The molecule has 0 aromatic heterocycles. The molecule has 6 heteroatoms. The fourth-order valence-corrected chi connectivity index (χ4v) is 1.27. The molecule has 5 N–H and O–H groups in total. The van der Waals surface area contributed by atoms with Gasteiger partial charge in [0.05, 0.1) is 0 Å². The lowest BCUT2D eigenvalue weighted by Gasteiger charge is -2.11. The number of aryl methyl sites for hydroxylation is 2.